The fraction of sp³-hybridized carbons (Fsp3) is 0.500. The molecule has 1 unspecified atom stereocenters. The van der Waals surface area contributed by atoms with E-state index >= 15 is 0 Å². The monoisotopic (exact) mass is 394 g/mol. The number of methoxy groups -OCH3 is 1. The maximum absolute atomic E-state index is 12.8. The smallest absolute Gasteiger partial charge is 0.308 e. The number of piperidine rings is 1. The normalized spacial score (nSPS) is 22.7. The Balaban J connectivity index is 1.77. The minimum Gasteiger partial charge on any atom is -0.469 e. The molecule has 0 aliphatic carbocycles. The Morgan fingerprint density at radius 3 is 2.41 bits per heavy atom. The SMILES string of the molecule is COC(=O)C1CCN(C(=O)c2cccc(N3C(=O)C(C)CS3(=O)=O)c2)CC1. The topological polar surface area (TPSA) is 101 Å². The molecular weight excluding hydrogens is 372 g/mol. The zero-order chi connectivity index (χ0) is 19.8. The summed E-state index contributed by atoms with van der Waals surface area (Å²) >= 11 is 0. The minimum atomic E-state index is -3.72. The number of ether oxygens (including phenoxy) is 1. The first-order valence-corrected chi connectivity index (χ1v) is 10.4. The van der Waals surface area contributed by atoms with Gasteiger partial charge in [-0.2, -0.15) is 0 Å². The second-order valence-electron chi connectivity index (χ2n) is 6.92. The average Bonchev–Trinajstić information content (AvgIpc) is 2.87. The Bertz CT molecular complexity index is 874. The van der Waals surface area contributed by atoms with Crippen molar-refractivity contribution in [3.8, 4) is 0 Å². The average molecular weight is 394 g/mol. The van der Waals surface area contributed by atoms with Crippen molar-refractivity contribution in [3.05, 3.63) is 29.8 Å². The van der Waals surface area contributed by atoms with Gasteiger partial charge in [0.25, 0.3) is 5.91 Å². The molecule has 2 fully saturated rings. The molecule has 2 amide bonds. The molecule has 1 aromatic rings. The first-order chi connectivity index (χ1) is 12.7. The van der Waals surface area contributed by atoms with Gasteiger partial charge in [-0.3, -0.25) is 14.4 Å². The molecule has 8 nitrogen and oxygen atoms in total. The van der Waals surface area contributed by atoms with E-state index in [1.54, 1.807) is 24.0 Å². The lowest BCUT2D eigenvalue weighted by molar-refractivity contribution is -0.146. The van der Waals surface area contributed by atoms with E-state index in [9.17, 15) is 22.8 Å². The third kappa shape index (κ3) is 3.69. The van der Waals surface area contributed by atoms with Crippen LogP contribution in [0.1, 0.15) is 30.1 Å². The number of hydrogen-bond acceptors (Lipinski definition) is 6. The minimum absolute atomic E-state index is 0.180. The molecule has 0 aromatic heterocycles. The molecule has 0 radical (unpaired) electrons. The van der Waals surface area contributed by atoms with Crippen LogP contribution in [0, 0.1) is 11.8 Å². The molecule has 2 saturated heterocycles. The highest BCUT2D eigenvalue weighted by Gasteiger charge is 2.42. The number of esters is 1. The Labute approximate surface area is 158 Å². The van der Waals surface area contributed by atoms with Gasteiger partial charge in [-0.25, -0.2) is 12.7 Å². The van der Waals surface area contributed by atoms with Gasteiger partial charge in [0.1, 0.15) is 0 Å². The van der Waals surface area contributed by atoms with Crippen LogP contribution in [-0.2, 0) is 24.3 Å². The van der Waals surface area contributed by atoms with Crippen LogP contribution in [0.2, 0.25) is 0 Å². The Morgan fingerprint density at radius 2 is 1.85 bits per heavy atom. The molecule has 1 aromatic carbocycles. The van der Waals surface area contributed by atoms with Crippen LogP contribution in [0.15, 0.2) is 24.3 Å². The summed E-state index contributed by atoms with van der Waals surface area (Å²) < 4.78 is 30.1. The van der Waals surface area contributed by atoms with Crippen molar-refractivity contribution in [2.75, 3.05) is 30.3 Å². The van der Waals surface area contributed by atoms with E-state index in [1.165, 1.54) is 19.2 Å². The lowest BCUT2D eigenvalue weighted by Crippen LogP contribution is -2.40. The molecule has 2 heterocycles. The number of hydrogen-bond donors (Lipinski definition) is 0. The summed E-state index contributed by atoms with van der Waals surface area (Å²) in [4.78, 5) is 38.2. The van der Waals surface area contributed by atoms with Crippen LogP contribution in [0.5, 0.6) is 0 Å². The summed E-state index contributed by atoms with van der Waals surface area (Å²) in [6.07, 6.45) is 1.04. The van der Waals surface area contributed by atoms with Crippen molar-refractivity contribution < 1.29 is 27.5 Å². The van der Waals surface area contributed by atoms with E-state index < -0.39 is 21.8 Å². The predicted octanol–water partition coefficient (Wildman–Crippen LogP) is 1.02. The highest BCUT2D eigenvalue weighted by Crippen LogP contribution is 2.29. The van der Waals surface area contributed by atoms with E-state index in [1.807, 2.05) is 0 Å². The van der Waals surface area contributed by atoms with Gasteiger partial charge in [0.15, 0.2) is 0 Å². The van der Waals surface area contributed by atoms with Crippen LogP contribution >= 0.6 is 0 Å². The van der Waals surface area contributed by atoms with Crippen LogP contribution in [0.25, 0.3) is 0 Å². The van der Waals surface area contributed by atoms with Gasteiger partial charge in [-0.15, -0.1) is 0 Å². The first kappa shape index (κ1) is 19.3. The Hall–Kier alpha value is -2.42. The molecule has 2 aliphatic heterocycles. The molecule has 0 spiro atoms. The first-order valence-electron chi connectivity index (χ1n) is 8.78. The van der Waals surface area contributed by atoms with Gasteiger partial charge in [0.05, 0.1) is 30.4 Å². The Morgan fingerprint density at radius 1 is 1.19 bits per heavy atom. The van der Waals surface area contributed by atoms with Crippen molar-refractivity contribution in [1.82, 2.24) is 4.90 Å². The van der Waals surface area contributed by atoms with E-state index in [0.29, 0.717) is 31.5 Å². The molecule has 146 valence electrons. The van der Waals surface area contributed by atoms with E-state index in [-0.39, 0.29) is 29.2 Å². The predicted molar refractivity (Wildman–Crippen MR) is 97.5 cm³/mol. The number of sulfonamides is 1. The Kier molecular flexibility index (Phi) is 5.23. The van der Waals surface area contributed by atoms with Crippen LogP contribution in [0.4, 0.5) is 5.69 Å². The summed E-state index contributed by atoms with van der Waals surface area (Å²) in [5.41, 5.74) is 0.492. The van der Waals surface area contributed by atoms with Gasteiger partial charge >= 0.3 is 5.97 Å². The van der Waals surface area contributed by atoms with Gasteiger partial charge in [0, 0.05) is 18.7 Å². The number of carbonyl (C=O) groups excluding carboxylic acids is 3. The quantitative estimate of drug-likeness (QED) is 0.710. The highest BCUT2D eigenvalue weighted by molar-refractivity contribution is 7.94. The zero-order valence-corrected chi connectivity index (χ0v) is 16.1. The third-order valence-electron chi connectivity index (χ3n) is 5.00. The highest BCUT2D eigenvalue weighted by atomic mass is 32.2. The van der Waals surface area contributed by atoms with E-state index in [4.69, 9.17) is 4.74 Å². The number of anilines is 1. The second kappa shape index (κ2) is 7.30. The van der Waals surface area contributed by atoms with Crippen molar-refractivity contribution in [2.45, 2.75) is 19.8 Å². The molecule has 1 atom stereocenters. The number of nitrogens with zero attached hydrogens (tertiary/aromatic N) is 2. The lowest BCUT2D eigenvalue weighted by Gasteiger charge is -2.31. The van der Waals surface area contributed by atoms with Crippen LogP contribution in [0.3, 0.4) is 0 Å². The van der Waals surface area contributed by atoms with Crippen molar-refractivity contribution in [2.24, 2.45) is 11.8 Å². The van der Waals surface area contributed by atoms with Gasteiger partial charge < -0.3 is 9.64 Å². The molecule has 9 heteroatoms. The van der Waals surface area contributed by atoms with Crippen molar-refractivity contribution in [1.29, 1.82) is 0 Å². The summed E-state index contributed by atoms with van der Waals surface area (Å²) in [6, 6.07) is 6.10. The zero-order valence-electron chi connectivity index (χ0n) is 15.3. The fourth-order valence-electron chi connectivity index (χ4n) is 3.52. The van der Waals surface area contributed by atoms with Crippen molar-refractivity contribution >= 4 is 33.5 Å². The molecule has 0 saturated carbocycles. The number of carbonyl (C=O) groups is 3. The molecular formula is C18H22N2O6S. The number of amides is 2. The van der Waals surface area contributed by atoms with Gasteiger partial charge in [-0.05, 0) is 31.0 Å². The summed E-state index contributed by atoms with van der Waals surface area (Å²) in [5.74, 6) is -2.05. The molecule has 2 aliphatic rings. The number of likely N-dealkylation sites (tertiary alicyclic amines) is 1. The summed E-state index contributed by atoms with van der Waals surface area (Å²) in [6.45, 7) is 2.40. The van der Waals surface area contributed by atoms with E-state index in [0.717, 1.165) is 4.31 Å². The fourth-order valence-corrected chi connectivity index (χ4v) is 5.33. The molecule has 0 N–H and O–H groups in total. The van der Waals surface area contributed by atoms with Gasteiger partial charge in [-0.1, -0.05) is 13.0 Å². The summed E-state index contributed by atoms with van der Waals surface area (Å²) in [7, 11) is -2.37. The standard InChI is InChI=1S/C18H22N2O6S/c1-12-11-27(24,25)20(16(12)21)15-5-3-4-14(10-15)17(22)19-8-6-13(7-9-19)18(23)26-2/h3-5,10,12-13H,6-9,11H2,1-2H3. The summed E-state index contributed by atoms with van der Waals surface area (Å²) in [5, 5.41) is 0. The molecule has 3 rings (SSSR count). The molecule has 27 heavy (non-hydrogen) atoms. The largest absolute Gasteiger partial charge is 0.469 e. The van der Waals surface area contributed by atoms with Crippen molar-refractivity contribution in [3.63, 3.8) is 0 Å². The number of rotatable bonds is 3. The van der Waals surface area contributed by atoms with Crippen LogP contribution in [-0.4, -0.2) is 57.1 Å². The second-order valence-corrected chi connectivity index (χ2v) is 8.78. The maximum Gasteiger partial charge on any atom is 0.308 e. The van der Waals surface area contributed by atoms with Gasteiger partial charge in [0.2, 0.25) is 15.9 Å². The maximum atomic E-state index is 12.8. The third-order valence-corrected chi connectivity index (χ3v) is 6.87. The number of benzene rings is 1. The van der Waals surface area contributed by atoms with E-state index in [2.05, 4.69) is 0 Å². The lowest BCUT2D eigenvalue weighted by atomic mass is 9.96. The van der Waals surface area contributed by atoms with Crippen LogP contribution < -0.4 is 4.31 Å². The molecule has 0 bridgehead atoms.